The van der Waals surface area contributed by atoms with E-state index in [0.29, 0.717) is 0 Å². The molecule has 10 aromatic rings. The fourth-order valence-electron chi connectivity index (χ4n) is 7.56. The molecule has 0 spiro atoms. The molecule has 3 nitrogen and oxygen atoms in total. The molecule has 10 rings (SSSR count). The van der Waals surface area contributed by atoms with Crippen molar-refractivity contribution in [3.63, 3.8) is 0 Å². The fourth-order valence-corrected chi connectivity index (χ4v) is 7.56. The lowest BCUT2D eigenvalue weighted by Crippen LogP contribution is -2.12. The number of hydrogen-bond donors (Lipinski definition) is 0. The average molecular weight is 654 g/mol. The molecular formula is C48H31NO2. The Morgan fingerprint density at radius 3 is 1.67 bits per heavy atom. The summed E-state index contributed by atoms with van der Waals surface area (Å²) < 4.78 is 12.7. The van der Waals surface area contributed by atoms with Crippen LogP contribution in [-0.4, -0.2) is 0 Å². The van der Waals surface area contributed by atoms with Gasteiger partial charge in [0.05, 0.1) is 5.69 Å². The zero-order chi connectivity index (χ0) is 33.7. The van der Waals surface area contributed by atoms with Crippen molar-refractivity contribution >= 4 is 60.9 Å². The van der Waals surface area contributed by atoms with Crippen LogP contribution in [0.25, 0.3) is 77.3 Å². The quantitative estimate of drug-likeness (QED) is 0.179. The van der Waals surface area contributed by atoms with E-state index in [9.17, 15) is 0 Å². The van der Waals surface area contributed by atoms with Gasteiger partial charge in [0, 0.05) is 38.5 Å². The standard InChI is InChI=1S/C48H31NO2/c1-3-13-32(14-4-1)33-25-27-35(28-26-33)49(36-29-30-45-41(31-36)38-17-7-9-22-43(38)50-45)42-21-11-19-37(34-15-5-2-6-16-34)47(42)40-20-12-24-46-48(40)39-18-8-10-23-44(39)51-46/h1-31H. The van der Waals surface area contributed by atoms with Crippen molar-refractivity contribution in [2.45, 2.75) is 0 Å². The summed E-state index contributed by atoms with van der Waals surface area (Å²) >= 11 is 0. The molecule has 0 atom stereocenters. The van der Waals surface area contributed by atoms with Gasteiger partial charge in [0.1, 0.15) is 22.3 Å². The second-order valence-electron chi connectivity index (χ2n) is 12.9. The minimum absolute atomic E-state index is 0.868. The minimum Gasteiger partial charge on any atom is -0.456 e. The number of furan rings is 2. The number of rotatable bonds is 6. The van der Waals surface area contributed by atoms with Crippen LogP contribution in [0.1, 0.15) is 0 Å². The second-order valence-corrected chi connectivity index (χ2v) is 12.9. The first-order valence-electron chi connectivity index (χ1n) is 17.3. The second kappa shape index (κ2) is 11.9. The predicted octanol–water partition coefficient (Wildman–Crippen LogP) is 14.0. The van der Waals surface area contributed by atoms with Gasteiger partial charge in [-0.05, 0) is 82.4 Å². The number of para-hydroxylation sites is 2. The van der Waals surface area contributed by atoms with Gasteiger partial charge < -0.3 is 13.7 Å². The largest absolute Gasteiger partial charge is 0.456 e. The zero-order valence-electron chi connectivity index (χ0n) is 27.7. The van der Waals surface area contributed by atoms with Crippen molar-refractivity contribution in [3.05, 3.63) is 188 Å². The van der Waals surface area contributed by atoms with Gasteiger partial charge in [-0.3, -0.25) is 0 Å². The Labute approximate surface area is 295 Å². The van der Waals surface area contributed by atoms with Gasteiger partial charge in [-0.2, -0.15) is 0 Å². The van der Waals surface area contributed by atoms with E-state index in [-0.39, 0.29) is 0 Å². The molecule has 0 saturated heterocycles. The highest BCUT2D eigenvalue weighted by molar-refractivity contribution is 6.16. The summed E-state index contributed by atoms with van der Waals surface area (Å²) in [6, 6.07) is 66.3. The van der Waals surface area contributed by atoms with Crippen LogP contribution >= 0.6 is 0 Å². The monoisotopic (exact) mass is 653 g/mol. The molecule has 0 saturated carbocycles. The van der Waals surface area contributed by atoms with Gasteiger partial charge in [0.15, 0.2) is 0 Å². The fraction of sp³-hybridized carbons (Fsp3) is 0. The molecule has 0 N–H and O–H groups in total. The first-order valence-corrected chi connectivity index (χ1v) is 17.3. The van der Waals surface area contributed by atoms with E-state index >= 15 is 0 Å². The molecule has 3 heteroatoms. The molecule has 0 aliphatic rings. The van der Waals surface area contributed by atoms with Crippen LogP contribution < -0.4 is 4.90 Å². The van der Waals surface area contributed by atoms with Crippen molar-refractivity contribution in [3.8, 4) is 33.4 Å². The van der Waals surface area contributed by atoms with E-state index in [1.807, 2.05) is 24.3 Å². The lowest BCUT2D eigenvalue weighted by molar-refractivity contribution is 0.668. The molecule has 0 unspecified atom stereocenters. The van der Waals surface area contributed by atoms with Crippen molar-refractivity contribution in [2.75, 3.05) is 4.90 Å². The van der Waals surface area contributed by atoms with E-state index in [4.69, 9.17) is 8.83 Å². The first-order chi connectivity index (χ1) is 25.3. The topological polar surface area (TPSA) is 29.5 Å². The normalized spacial score (nSPS) is 11.5. The van der Waals surface area contributed by atoms with E-state index in [1.165, 1.54) is 11.1 Å². The lowest BCUT2D eigenvalue weighted by Gasteiger charge is -2.29. The van der Waals surface area contributed by atoms with Gasteiger partial charge in [-0.1, -0.05) is 133 Å². The highest BCUT2D eigenvalue weighted by atomic mass is 16.3. The van der Waals surface area contributed by atoms with Crippen LogP contribution in [0.3, 0.4) is 0 Å². The minimum atomic E-state index is 0.868. The zero-order valence-corrected chi connectivity index (χ0v) is 27.7. The number of benzene rings is 8. The molecule has 8 aromatic carbocycles. The molecule has 240 valence electrons. The van der Waals surface area contributed by atoms with Gasteiger partial charge in [0.2, 0.25) is 0 Å². The summed E-state index contributed by atoms with van der Waals surface area (Å²) in [4.78, 5) is 2.39. The summed E-state index contributed by atoms with van der Waals surface area (Å²) in [5, 5.41) is 4.38. The van der Waals surface area contributed by atoms with Crippen molar-refractivity contribution in [2.24, 2.45) is 0 Å². The first kappa shape index (κ1) is 29.1. The summed E-state index contributed by atoms with van der Waals surface area (Å²) in [6.45, 7) is 0. The molecular weight excluding hydrogens is 623 g/mol. The van der Waals surface area contributed by atoms with E-state index in [1.54, 1.807) is 0 Å². The molecule has 51 heavy (non-hydrogen) atoms. The molecule has 0 aliphatic carbocycles. The summed E-state index contributed by atoms with van der Waals surface area (Å²) in [5.41, 5.74) is 13.6. The van der Waals surface area contributed by atoms with E-state index in [2.05, 4.69) is 169 Å². The van der Waals surface area contributed by atoms with Crippen LogP contribution in [0, 0.1) is 0 Å². The highest BCUT2D eigenvalue weighted by Crippen LogP contribution is 2.49. The third-order valence-electron chi connectivity index (χ3n) is 9.89. The third kappa shape index (κ3) is 4.90. The highest BCUT2D eigenvalue weighted by Gasteiger charge is 2.24. The van der Waals surface area contributed by atoms with E-state index < -0.39 is 0 Å². The van der Waals surface area contributed by atoms with Crippen molar-refractivity contribution < 1.29 is 8.83 Å². The number of fused-ring (bicyclic) bond motifs is 6. The molecule has 0 fully saturated rings. The van der Waals surface area contributed by atoms with Gasteiger partial charge in [0.25, 0.3) is 0 Å². The maximum Gasteiger partial charge on any atom is 0.136 e. The Morgan fingerprint density at radius 1 is 0.333 bits per heavy atom. The molecule has 0 radical (unpaired) electrons. The molecule has 2 aromatic heterocycles. The Bertz CT molecular complexity index is 2850. The lowest BCUT2D eigenvalue weighted by atomic mass is 9.89. The van der Waals surface area contributed by atoms with E-state index in [0.717, 1.165) is 83.2 Å². The van der Waals surface area contributed by atoms with Crippen molar-refractivity contribution in [1.82, 2.24) is 0 Å². The summed E-state index contributed by atoms with van der Waals surface area (Å²) in [6.07, 6.45) is 0. The SMILES string of the molecule is c1ccc(-c2ccc(N(c3ccc4oc5ccccc5c4c3)c3cccc(-c4ccccc4)c3-c3cccc4oc5ccccc5c34)cc2)cc1. The van der Waals surface area contributed by atoms with Crippen LogP contribution in [0.4, 0.5) is 17.1 Å². The molecule has 0 amide bonds. The molecule has 2 heterocycles. The van der Waals surface area contributed by atoms with Crippen LogP contribution in [0.5, 0.6) is 0 Å². The van der Waals surface area contributed by atoms with Crippen LogP contribution in [0.15, 0.2) is 197 Å². The average Bonchev–Trinajstić information content (AvgIpc) is 3.77. The Morgan fingerprint density at radius 2 is 0.882 bits per heavy atom. The van der Waals surface area contributed by atoms with Crippen molar-refractivity contribution in [1.29, 1.82) is 0 Å². The number of anilines is 3. The molecule has 0 bridgehead atoms. The third-order valence-corrected chi connectivity index (χ3v) is 9.89. The maximum atomic E-state index is 6.44. The van der Waals surface area contributed by atoms with Gasteiger partial charge in [-0.15, -0.1) is 0 Å². The smallest absolute Gasteiger partial charge is 0.136 e. The Balaban J connectivity index is 1.28. The predicted molar refractivity (Wildman–Crippen MR) is 212 cm³/mol. The Hall–Kier alpha value is -6.84. The van der Waals surface area contributed by atoms with Crippen LogP contribution in [-0.2, 0) is 0 Å². The molecule has 0 aliphatic heterocycles. The summed E-state index contributed by atoms with van der Waals surface area (Å²) in [7, 11) is 0. The maximum absolute atomic E-state index is 6.44. The number of hydrogen-bond acceptors (Lipinski definition) is 3. The number of nitrogens with zero attached hydrogens (tertiary/aromatic N) is 1. The van der Waals surface area contributed by atoms with Gasteiger partial charge >= 0.3 is 0 Å². The van der Waals surface area contributed by atoms with Crippen LogP contribution in [0.2, 0.25) is 0 Å². The van der Waals surface area contributed by atoms with Gasteiger partial charge in [-0.25, -0.2) is 0 Å². The summed E-state index contributed by atoms with van der Waals surface area (Å²) in [5.74, 6) is 0. The Kier molecular flexibility index (Phi) is 6.81.